The molecule has 3 aromatic rings. The Morgan fingerprint density at radius 3 is 2.79 bits per heavy atom. The highest BCUT2D eigenvalue weighted by Gasteiger charge is 2.19. The molecule has 0 atom stereocenters. The largest absolute Gasteiger partial charge is 0.464 e. The van der Waals surface area contributed by atoms with E-state index >= 15 is 0 Å². The number of thiazole rings is 1. The molecule has 2 aromatic heterocycles. The molecule has 3 rings (SSSR count). The Balaban J connectivity index is 1.90. The number of benzene rings is 1. The molecular weight excluding hydrogens is 350 g/mol. The van der Waals surface area contributed by atoms with E-state index in [0.717, 1.165) is 10.9 Å². The summed E-state index contributed by atoms with van der Waals surface area (Å²) in [5.41, 5.74) is 1.58. The summed E-state index contributed by atoms with van der Waals surface area (Å²) >= 11 is 7.21. The molecule has 0 aliphatic heterocycles. The molecule has 0 fully saturated rings. The Labute approximate surface area is 147 Å². The van der Waals surface area contributed by atoms with Crippen LogP contribution < -0.4 is 5.32 Å². The van der Waals surface area contributed by atoms with Gasteiger partial charge in [-0.3, -0.25) is 10.1 Å². The number of esters is 1. The van der Waals surface area contributed by atoms with Crippen LogP contribution in [0, 0.1) is 6.92 Å². The molecule has 0 aliphatic rings. The summed E-state index contributed by atoms with van der Waals surface area (Å²) in [4.78, 5) is 28.9. The molecule has 8 heteroatoms. The molecule has 0 aliphatic carbocycles. The van der Waals surface area contributed by atoms with E-state index < -0.39 is 5.97 Å². The van der Waals surface area contributed by atoms with Crippen LogP contribution >= 0.6 is 22.9 Å². The van der Waals surface area contributed by atoms with Crippen molar-refractivity contribution in [2.24, 2.45) is 7.05 Å². The summed E-state index contributed by atoms with van der Waals surface area (Å²) in [5, 5.41) is 4.56. The van der Waals surface area contributed by atoms with Crippen molar-refractivity contribution < 1.29 is 14.3 Å². The fourth-order valence-electron chi connectivity index (χ4n) is 2.44. The van der Waals surface area contributed by atoms with Gasteiger partial charge in [-0.15, -0.1) is 11.3 Å². The third kappa shape index (κ3) is 2.88. The highest BCUT2D eigenvalue weighted by Crippen LogP contribution is 2.25. The van der Waals surface area contributed by atoms with Gasteiger partial charge in [0.2, 0.25) is 0 Å². The van der Waals surface area contributed by atoms with E-state index in [1.54, 1.807) is 36.7 Å². The quantitative estimate of drug-likeness (QED) is 0.721. The molecule has 2 heterocycles. The minimum atomic E-state index is -0.525. The van der Waals surface area contributed by atoms with Crippen LogP contribution in [0.1, 0.15) is 25.9 Å². The molecule has 1 N–H and O–H groups in total. The number of hydrogen-bond donors (Lipinski definition) is 1. The molecule has 0 bridgehead atoms. The van der Waals surface area contributed by atoms with Gasteiger partial charge in [-0.25, -0.2) is 9.78 Å². The van der Waals surface area contributed by atoms with E-state index in [0.29, 0.717) is 20.7 Å². The third-order valence-corrected chi connectivity index (χ3v) is 4.75. The van der Waals surface area contributed by atoms with E-state index in [4.69, 9.17) is 11.6 Å². The van der Waals surface area contributed by atoms with Gasteiger partial charge in [-0.2, -0.15) is 0 Å². The highest BCUT2D eigenvalue weighted by atomic mass is 35.5. The van der Waals surface area contributed by atoms with E-state index in [1.807, 2.05) is 6.07 Å². The zero-order chi connectivity index (χ0) is 17.4. The number of anilines is 1. The van der Waals surface area contributed by atoms with Gasteiger partial charge >= 0.3 is 5.97 Å². The second kappa shape index (κ2) is 6.26. The van der Waals surface area contributed by atoms with Gasteiger partial charge in [0.1, 0.15) is 5.69 Å². The topological polar surface area (TPSA) is 73.2 Å². The van der Waals surface area contributed by atoms with Crippen molar-refractivity contribution in [3.05, 3.63) is 45.6 Å². The predicted molar refractivity (Wildman–Crippen MR) is 94.1 cm³/mol. The number of carbonyl (C=O) groups excluding carboxylic acids is 2. The molecule has 1 amide bonds. The lowest BCUT2D eigenvalue weighted by molar-refractivity contribution is 0.0594. The second-order valence-corrected chi connectivity index (χ2v) is 6.80. The molecule has 1 aromatic carbocycles. The zero-order valence-electron chi connectivity index (χ0n) is 13.2. The van der Waals surface area contributed by atoms with Crippen LogP contribution in [0.15, 0.2) is 24.3 Å². The van der Waals surface area contributed by atoms with Crippen LogP contribution in [-0.2, 0) is 11.8 Å². The highest BCUT2D eigenvalue weighted by molar-refractivity contribution is 7.16. The summed E-state index contributed by atoms with van der Waals surface area (Å²) in [6.07, 6.45) is 0. The van der Waals surface area contributed by atoms with Crippen molar-refractivity contribution in [1.82, 2.24) is 9.55 Å². The van der Waals surface area contributed by atoms with Crippen molar-refractivity contribution >= 4 is 50.8 Å². The number of rotatable bonds is 3. The molecule has 0 radical (unpaired) electrons. The lowest BCUT2D eigenvalue weighted by Crippen LogP contribution is -2.15. The van der Waals surface area contributed by atoms with Crippen molar-refractivity contribution in [3.63, 3.8) is 0 Å². The molecule has 0 saturated heterocycles. The monoisotopic (exact) mass is 363 g/mol. The number of aromatic nitrogens is 2. The molecule has 0 spiro atoms. The van der Waals surface area contributed by atoms with Crippen molar-refractivity contribution in [3.8, 4) is 0 Å². The zero-order valence-corrected chi connectivity index (χ0v) is 14.8. The number of fused-ring (bicyclic) bond motifs is 1. The van der Waals surface area contributed by atoms with Gasteiger partial charge in [-0.1, -0.05) is 11.6 Å². The molecule has 0 unspecified atom stereocenters. The standard InChI is InChI=1S/C16H14ClN3O3S/c1-8-13(15(22)23-3)18-16(24-8)19-14(21)12-7-9-6-10(17)4-5-11(9)20(12)2/h4-7H,1-3H3,(H,18,19,21). The number of amides is 1. The Morgan fingerprint density at radius 1 is 1.33 bits per heavy atom. The smallest absolute Gasteiger partial charge is 0.357 e. The summed E-state index contributed by atoms with van der Waals surface area (Å²) < 4.78 is 6.45. The number of aryl methyl sites for hydroxylation is 2. The Bertz CT molecular complexity index is 961. The number of hydrogen-bond acceptors (Lipinski definition) is 5. The van der Waals surface area contributed by atoms with Gasteiger partial charge in [0.15, 0.2) is 10.8 Å². The summed E-state index contributed by atoms with van der Waals surface area (Å²) in [6, 6.07) is 7.20. The van der Waals surface area contributed by atoms with Crippen molar-refractivity contribution in [1.29, 1.82) is 0 Å². The molecule has 6 nitrogen and oxygen atoms in total. The van der Waals surface area contributed by atoms with Crippen LogP contribution in [0.5, 0.6) is 0 Å². The van der Waals surface area contributed by atoms with Crippen LogP contribution in [0.4, 0.5) is 5.13 Å². The van der Waals surface area contributed by atoms with Gasteiger partial charge in [0.25, 0.3) is 5.91 Å². The normalized spacial score (nSPS) is 10.8. The van der Waals surface area contributed by atoms with Gasteiger partial charge < -0.3 is 9.30 Å². The van der Waals surface area contributed by atoms with Crippen LogP contribution in [0.25, 0.3) is 10.9 Å². The SMILES string of the molecule is COC(=O)c1nc(NC(=O)c2cc3cc(Cl)ccc3n2C)sc1C. The van der Waals surface area contributed by atoms with E-state index in [9.17, 15) is 9.59 Å². The Hall–Kier alpha value is -2.38. The number of nitrogens with zero attached hydrogens (tertiary/aromatic N) is 2. The lowest BCUT2D eigenvalue weighted by Gasteiger charge is -2.03. The number of methoxy groups -OCH3 is 1. The first kappa shape index (κ1) is 16.5. The maximum Gasteiger partial charge on any atom is 0.357 e. The van der Waals surface area contributed by atoms with E-state index in [-0.39, 0.29) is 11.6 Å². The average Bonchev–Trinajstić information content (AvgIpc) is 3.06. The first-order chi connectivity index (χ1) is 11.4. The van der Waals surface area contributed by atoms with Crippen LogP contribution in [-0.4, -0.2) is 28.5 Å². The van der Waals surface area contributed by atoms with E-state index in [2.05, 4.69) is 15.0 Å². The summed E-state index contributed by atoms with van der Waals surface area (Å²) in [5.74, 6) is -0.835. The third-order valence-electron chi connectivity index (χ3n) is 3.63. The first-order valence-corrected chi connectivity index (χ1v) is 8.22. The van der Waals surface area contributed by atoms with Crippen molar-refractivity contribution in [2.45, 2.75) is 6.92 Å². The summed E-state index contributed by atoms with van der Waals surface area (Å²) in [6.45, 7) is 1.75. The maximum atomic E-state index is 12.5. The van der Waals surface area contributed by atoms with Gasteiger partial charge in [-0.05, 0) is 31.2 Å². The first-order valence-electron chi connectivity index (χ1n) is 7.02. The molecular formula is C16H14ClN3O3S. The number of carbonyl (C=O) groups is 2. The molecule has 124 valence electrons. The van der Waals surface area contributed by atoms with Gasteiger partial charge in [0.05, 0.1) is 7.11 Å². The van der Waals surface area contributed by atoms with Gasteiger partial charge in [0, 0.05) is 27.9 Å². The predicted octanol–water partition coefficient (Wildman–Crippen LogP) is 3.64. The summed E-state index contributed by atoms with van der Waals surface area (Å²) in [7, 11) is 3.10. The minimum Gasteiger partial charge on any atom is -0.464 e. The van der Waals surface area contributed by atoms with Crippen LogP contribution in [0.2, 0.25) is 5.02 Å². The number of nitrogens with one attached hydrogen (secondary N) is 1. The van der Waals surface area contributed by atoms with Crippen molar-refractivity contribution in [2.75, 3.05) is 12.4 Å². The molecule has 0 saturated carbocycles. The number of halogens is 1. The Kier molecular flexibility index (Phi) is 4.29. The maximum absolute atomic E-state index is 12.5. The van der Waals surface area contributed by atoms with Crippen LogP contribution in [0.3, 0.4) is 0 Å². The second-order valence-electron chi connectivity index (χ2n) is 5.16. The fraction of sp³-hybridized carbons (Fsp3) is 0.188. The van der Waals surface area contributed by atoms with E-state index in [1.165, 1.54) is 18.4 Å². The number of ether oxygens (including phenoxy) is 1. The lowest BCUT2D eigenvalue weighted by atomic mass is 10.2. The minimum absolute atomic E-state index is 0.210. The fourth-order valence-corrected chi connectivity index (χ4v) is 3.41. The Morgan fingerprint density at radius 2 is 2.08 bits per heavy atom. The molecule has 24 heavy (non-hydrogen) atoms. The average molecular weight is 364 g/mol.